The SMILES string of the molecule is CCOC(=O)CN(c1nccn(C(C)(C)C)c1=O)C(C)C. The molecule has 1 rings (SSSR count). The molecule has 6 heteroatoms. The normalized spacial score (nSPS) is 11.6. The Hall–Kier alpha value is -1.85. The van der Waals surface area contributed by atoms with Crippen molar-refractivity contribution in [3.8, 4) is 0 Å². The summed E-state index contributed by atoms with van der Waals surface area (Å²) in [5.41, 5.74) is -0.551. The van der Waals surface area contributed by atoms with Gasteiger partial charge in [0.05, 0.1) is 6.61 Å². The van der Waals surface area contributed by atoms with E-state index in [1.807, 2.05) is 34.6 Å². The predicted octanol–water partition coefficient (Wildman–Crippen LogP) is 1.78. The Morgan fingerprint density at radius 1 is 1.43 bits per heavy atom. The van der Waals surface area contributed by atoms with E-state index in [0.717, 1.165) is 0 Å². The van der Waals surface area contributed by atoms with Crippen LogP contribution in [0.5, 0.6) is 0 Å². The summed E-state index contributed by atoms with van der Waals surface area (Å²) in [6.45, 7) is 11.8. The zero-order chi connectivity index (χ0) is 16.2. The van der Waals surface area contributed by atoms with Crippen LogP contribution in [0.15, 0.2) is 17.2 Å². The van der Waals surface area contributed by atoms with Crippen LogP contribution in [0, 0.1) is 0 Å². The second-order valence-corrected chi connectivity index (χ2v) is 6.12. The van der Waals surface area contributed by atoms with Gasteiger partial charge < -0.3 is 14.2 Å². The maximum Gasteiger partial charge on any atom is 0.325 e. The Morgan fingerprint density at radius 3 is 2.52 bits per heavy atom. The van der Waals surface area contributed by atoms with E-state index in [-0.39, 0.29) is 35.5 Å². The second kappa shape index (κ2) is 6.74. The van der Waals surface area contributed by atoms with Crippen LogP contribution in [-0.4, -0.2) is 34.7 Å². The van der Waals surface area contributed by atoms with Crippen LogP contribution in [0.3, 0.4) is 0 Å². The van der Waals surface area contributed by atoms with Crippen LogP contribution in [-0.2, 0) is 15.1 Å². The van der Waals surface area contributed by atoms with Crippen molar-refractivity contribution < 1.29 is 9.53 Å². The molecule has 0 unspecified atom stereocenters. The molecule has 21 heavy (non-hydrogen) atoms. The number of carbonyl (C=O) groups is 1. The zero-order valence-electron chi connectivity index (χ0n) is 13.7. The molecule has 0 radical (unpaired) electrons. The maximum absolute atomic E-state index is 12.6. The molecule has 0 bridgehead atoms. The topological polar surface area (TPSA) is 64.4 Å². The summed E-state index contributed by atoms with van der Waals surface area (Å²) in [5.74, 6) is -0.0889. The first-order chi connectivity index (χ1) is 9.68. The molecule has 0 amide bonds. The average Bonchev–Trinajstić information content (AvgIpc) is 2.35. The number of anilines is 1. The molecule has 0 atom stereocenters. The van der Waals surface area contributed by atoms with Crippen LogP contribution < -0.4 is 10.5 Å². The Morgan fingerprint density at radius 2 is 2.05 bits per heavy atom. The predicted molar refractivity (Wildman–Crippen MR) is 82.6 cm³/mol. The fraction of sp³-hybridized carbons (Fsp3) is 0.667. The summed E-state index contributed by atoms with van der Waals surface area (Å²) < 4.78 is 6.59. The molecule has 0 saturated heterocycles. The quantitative estimate of drug-likeness (QED) is 0.775. The van der Waals surface area contributed by atoms with E-state index in [0.29, 0.717) is 6.61 Å². The van der Waals surface area contributed by atoms with E-state index in [4.69, 9.17) is 4.74 Å². The Balaban J connectivity index is 3.22. The van der Waals surface area contributed by atoms with E-state index in [1.54, 1.807) is 28.8 Å². The molecular formula is C15H25N3O3. The number of rotatable bonds is 5. The van der Waals surface area contributed by atoms with E-state index in [9.17, 15) is 9.59 Å². The van der Waals surface area contributed by atoms with Gasteiger partial charge in [0, 0.05) is 24.0 Å². The van der Waals surface area contributed by atoms with E-state index >= 15 is 0 Å². The average molecular weight is 295 g/mol. The molecule has 0 fully saturated rings. The lowest BCUT2D eigenvalue weighted by atomic mass is 10.1. The van der Waals surface area contributed by atoms with Crippen LogP contribution in [0.4, 0.5) is 5.82 Å². The van der Waals surface area contributed by atoms with Crippen LogP contribution in [0.25, 0.3) is 0 Å². The van der Waals surface area contributed by atoms with Gasteiger partial charge in [-0.05, 0) is 41.5 Å². The van der Waals surface area contributed by atoms with Crippen molar-refractivity contribution in [1.82, 2.24) is 9.55 Å². The lowest BCUT2D eigenvalue weighted by molar-refractivity contribution is -0.141. The lowest BCUT2D eigenvalue weighted by Gasteiger charge is -2.28. The summed E-state index contributed by atoms with van der Waals surface area (Å²) in [7, 11) is 0. The van der Waals surface area contributed by atoms with Gasteiger partial charge in [0.2, 0.25) is 0 Å². The van der Waals surface area contributed by atoms with Crippen molar-refractivity contribution in [2.75, 3.05) is 18.1 Å². The summed E-state index contributed by atoms with van der Waals surface area (Å²) in [6, 6.07) is -0.0366. The van der Waals surface area contributed by atoms with Gasteiger partial charge in [-0.15, -0.1) is 0 Å². The highest BCUT2D eigenvalue weighted by Gasteiger charge is 2.23. The number of aromatic nitrogens is 2. The fourth-order valence-corrected chi connectivity index (χ4v) is 1.97. The first kappa shape index (κ1) is 17.2. The van der Waals surface area contributed by atoms with Crippen molar-refractivity contribution in [1.29, 1.82) is 0 Å². The molecule has 1 heterocycles. The van der Waals surface area contributed by atoms with Gasteiger partial charge in [-0.2, -0.15) is 0 Å². The van der Waals surface area contributed by atoms with Crippen molar-refractivity contribution in [2.45, 2.75) is 53.1 Å². The number of carbonyl (C=O) groups excluding carboxylic acids is 1. The third-order valence-electron chi connectivity index (χ3n) is 3.05. The van der Waals surface area contributed by atoms with E-state index < -0.39 is 0 Å². The minimum Gasteiger partial charge on any atom is -0.465 e. The lowest BCUT2D eigenvalue weighted by Crippen LogP contribution is -2.43. The third-order valence-corrected chi connectivity index (χ3v) is 3.05. The third kappa shape index (κ3) is 4.31. The molecule has 1 aromatic heterocycles. The molecule has 0 N–H and O–H groups in total. The summed E-state index contributed by atoms with van der Waals surface area (Å²) in [5, 5.41) is 0. The Bertz CT molecular complexity index is 544. The van der Waals surface area contributed by atoms with Crippen LogP contribution in [0.1, 0.15) is 41.5 Å². The molecule has 6 nitrogen and oxygen atoms in total. The van der Waals surface area contributed by atoms with E-state index in [1.165, 1.54) is 0 Å². The largest absolute Gasteiger partial charge is 0.465 e. The summed E-state index contributed by atoms with van der Waals surface area (Å²) in [4.78, 5) is 30.2. The molecule has 0 aliphatic heterocycles. The highest BCUT2D eigenvalue weighted by molar-refractivity contribution is 5.75. The summed E-state index contributed by atoms with van der Waals surface area (Å²) >= 11 is 0. The van der Waals surface area contributed by atoms with Gasteiger partial charge >= 0.3 is 5.97 Å². The summed E-state index contributed by atoms with van der Waals surface area (Å²) in [6.07, 6.45) is 3.25. The van der Waals surface area contributed by atoms with Crippen molar-refractivity contribution in [2.24, 2.45) is 0 Å². The van der Waals surface area contributed by atoms with Crippen molar-refractivity contribution in [3.63, 3.8) is 0 Å². The molecule has 0 aliphatic rings. The van der Waals surface area contributed by atoms with Gasteiger partial charge in [-0.25, -0.2) is 4.98 Å². The highest BCUT2D eigenvalue weighted by atomic mass is 16.5. The van der Waals surface area contributed by atoms with Crippen molar-refractivity contribution >= 4 is 11.8 Å². The van der Waals surface area contributed by atoms with Gasteiger partial charge in [0.25, 0.3) is 5.56 Å². The Labute approximate surface area is 125 Å². The number of esters is 1. The van der Waals surface area contributed by atoms with Crippen LogP contribution >= 0.6 is 0 Å². The van der Waals surface area contributed by atoms with Gasteiger partial charge in [-0.1, -0.05) is 0 Å². The smallest absolute Gasteiger partial charge is 0.325 e. The number of nitrogens with zero attached hydrogens (tertiary/aromatic N) is 3. The standard InChI is InChI=1S/C15H25N3O3/c1-7-21-12(19)10-17(11(2)3)13-14(20)18(9-8-16-13)15(4,5)6/h8-9,11H,7,10H2,1-6H3. The molecule has 0 spiro atoms. The fourth-order valence-electron chi connectivity index (χ4n) is 1.97. The molecule has 118 valence electrons. The van der Waals surface area contributed by atoms with Gasteiger partial charge in [-0.3, -0.25) is 9.59 Å². The molecule has 0 aromatic carbocycles. The first-order valence-corrected chi connectivity index (χ1v) is 7.18. The molecular weight excluding hydrogens is 270 g/mol. The van der Waals surface area contributed by atoms with Crippen LogP contribution in [0.2, 0.25) is 0 Å². The van der Waals surface area contributed by atoms with Gasteiger partial charge in [0.15, 0.2) is 5.82 Å². The first-order valence-electron chi connectivity index (χ1n) is 7.18. The van der Waals surface area contributed by atoms with E-state index in [2.05, 4.69) is 4.98 Å². The maximum atomic E-state index is 12.6. The van der Waals surface area contributed by atoms with Gasteiger partial charge in [0.1, 0.15) is 6.54 Å². The molecule has 0 aliphatic carbocycles. The monoisotopic (exact) mass is 295 g/mol. The minimum absolute atomic E-state index is 0.0158. The second-order valence-electron chi connectivity index (χ2n) is 6.12. The number of hydrogen-bond donors (Lipinski definition) is 0. The zero-order valence-corrected chi connectivity index (χ0v) is 13.7. The molecule has 0 saturated carbocycles. The highest BCUT2D eigenvalue weighted by Crippen LogP contribution is 2.14. The Kier molecular flexibility index (Phi) is 5.52. The molecule has 1 aromatic rings. The minimum atomic E-state index is -0.362. The van der Waals surface area contributed by atoms with Crippen molar-refractivity contribution in [3.05, 3.63) is 22.7 Å². The number of hydrogen-bond acceptors (Lipinski definition) is 5. The number of ether oxygens (including phenoxy) is 1.